The SMILES string of the molecule is ON=C1C2CCC1C1CCC2C1. The van der Waals surface area contributed by atoms with E-state index in [9.17, 15) is 0 Å². The highest BCUT2D eigenvalue weighted by atomic mass is 16.4. The standard InChI is InChI=1S/C10H15NO/c12-11-10-8-3-4-9(10)7-2-1-6(8)5-7/h6-9,12H,1-5H2. The lowest BCUT2D eigenvalue weighted by atomic mass is 9.78. The van der Waals surface area contributed by atoms with Gasteiger partial charge in [-0.1, -0.05) is 5.16 Å². The van der Waals surface area contributed by atoms with E-state index in [4.69, 9.17) is 5.21 Å². The van der Waals surface area contributed by atoms with Crippen molar-refractivity contribution in [3.8, 4) is 0 Å². The summed E-state index contributed by atoms with van der Waals surface area (Å²) < 4.78 is 0. The minimum absolute atomic E-state index is 0.666. The lowest BCUT2D eigenvalue weighted by Gasteiger charge is -2.27. The fourth-order valence-electron chi connectivity index (χ4n) is 3.82. The van der Waals surface area contributed by atoms with Crippen LogP contribution in [0.25, 0.3) is 0 Å². The second-order valence-electron chi connectivity index (χ2n) is 4.65. The van der Waals surface area contributed by atoms with Crippen LogP contribution in [0.15, 0.2) is 5.16 Å². The van der Waals surface area contributed by atoms with Crippen molar-refractivity contribution < 1.29 is 5.21 Å². The second-order valence-corrected chi connectivity index (χ2v) is 4.65. The third kappa shape index (κ3) is 0.686. The molecule has 4 bridgehead atoms. The van der Waals surface area contributed by atoms with Crippen LogP contribution >= 0.6 is 0 Å². The Kier molecular flexibility index (Phi) is 1.29. The summed E-state index contributed by atoms with van der Waals surface area (Å²) in [5.41, 5.74) is 1.16. The Balaban J connectivity index is 2.02. The van der Waals surface area contributed by atoms with Gasteiger partial charge in [0.15, 0.2) is 0 Å². The van der Waals surface area contributed by atoms with Crippen molar-refractivity contribution >= 4 is 5.71 Å². The number of nitrogens with zero attached hydrogens (tertiary/aromatic N) is 1. The van der Waals surface area contributed by atoms with Crippen molar-refractivity contribution in [1.82, 2.24) is 0 Å². The summed E-state index contributed by atoms with van der Waals surface area (Å²) in [7, 11) is 0. The quantitative estimate of drug-likeness (QED) is 0.433. The smallest absolute Gasteiger partial charge is 0.0637 e. The third-order valence-electron chi connectivity index (χ3n) is 4.32. The molecule has 0 aromatic heterocycles. The topological polar surface area (TPSA) is 32.6 Å². The van der Waals surface area contributed by atoms with Crippen molar-refractivity contribution in [2.75, 3.05) is 0 Å². The number of oxime groups is 1. The van der Waals surface area contributed by atoms with Gasteiger partial charge in [-0.15, -0.1) is 0 Å². The van der Waals surface area contributed by atoms with Crippen LogP contribution in [0.3, 0.4) is 0 Å². The Morgan fingerprint density at radius 3 is 2.08 bits per heavy atom. The molecule has 4 unspecified atom stereocenters. The fourth-order valence-corrected chi connectivity index (χ4v) is 3.82. The zero-order valence-electron chi connectivity index (χ0n) is 7.24. The van der Waals surface area contributed by atoms with E-state index in [0.717, 1.165) is 17.5 Å². The van der Waals surface area contributed by atoms with Crippen molar-refractivity contribution in [3.05, 3.63) is 0 Å². The predicted molar refractivity (Wildman–Crippen MR) is 46.3 cm³/mol. The van der Waals surface area contributed by atoms with E-state index in [1.54, 1.807) is 0 Å². The van der Waals surface area contributed by atoms with Gasteiger partial charge in [-0.3, -0.25) is 0 Å². The van der Waals surface area contributed by atoms with Gasteiger partial charge in [0.25, 0.3) is 0 Å². The Bertz CT molecular complexity index is 216. The first-order chi connectivity index (χ1) is 5.90. The number of hydrogen-bond donors (Lipinski definition) is 1. The van der Waals surface area contributed by atoms with Crippen LogP contribution in [0.4, 0.5) is 0 Å². The summed E-state index contributed by atoms with van der Waals surface area (Å²) in [6.07, 6.45) is 6.81. The zero-order valence-corrected chi connectivity index (χ0v) is 7.24. The summed E-state index contributed by atoms with van der Waals surface area (Å²) >= 11 is 0. The molecule has 0 radical (unpaired) electrons. The van der Waals surface area contributed by atoms with E-state index in [2.05, 4.69) is 5.16 Å². The molecular formula is C10H15NO. The molecule has 0 aromatic carbocycles. The van der Waals surface area contributed by atoms with Gasteiger partial charge in [-0.25, -0.2) is 0 Å². The molecular weight excluding hydrogens is 150 g/mol. The largest absolute Gasteiger partial charge is 0.411 e. The molecule has 3 aliphatic rings. The molecule has 2 heteroatoms. The summed E-state index contributed by atoms with van der Waals surface area (Å²) in [6, 6.07) is 0. The van der Waals surface area contributed by atoms with Gasteiger partial charge < -0.3 is 5.21 Å². The monoisotopic (exact) mass is 165 g/mol. The summed E-state index contributed by atoms with van der Waals surface area (Å²) in [4.78, 5) is 0. The highest BCUT2D eigenvalue weighted by molar-refractivity contribution is 5.91. The van der Waals surface area contributed by atoms with Crippen LogP contribution in [0.1, 0.15) is 32.1 Å². The van der Waals surface area contributed by atoms with E-state index in [1.165, 1.54) is 32.1 Å². The van der Waals surface area contributed by atoms with Crippen molar-refractivity contribution in [1.29, 1.82) is 0 Å². The Labute approximate surface area is 72.6 Å². The van der Waals surface area contributed by atoms with E-state index >= 15 is 0 Å². The molecule has 0 saturated heterocycles. The first kappa shape index (κ1) is 6.93. The first-order valence-corrected chi connectivity index (χ1v) is 5.12. The van der Waals surface area contributed by atoms with Gasteiger partial charge in [-0.05, 0) is 43.9 Å². The Hall–Kier alpha value is -0.530. The highest BCUT2D eigenvalue weighted by Gasteiger charge is 2.50. The van der Waals surface area contributed by atoms with E-state index < -0.39 is 0 Å². The van der Waals surface area contributed by atoms with Gasteiger partial charge in [0, 0.05) is 11.8 Å². The molecule has 0 spiro atoms. The minimum atomic E-state index is 0.666. The molecule has 66 valence electrons. The molecule has 0 aromatic rings. The van der Waals surface area contributed by atoms with Gasteiger partial charge >= 0.3 is 0 Å². The van der Waals surface area contributed by atoms with E-state index in [0.29, 0.717) is 11.8 Å². The fraction of sp³-hybridized carbons (Fsp3) is 0.900. The average molecular weight is 165 g/mol. The predicted octanol–water partition coefficient (Wildman–Crippen LogP) is 2.27. The van der Waals surface area contributed by atoms with Crippen molar-refractivity contribution in [2.45, 2.75) is 32.1 Å². The normalized spacial score (nSPS) is 49.8. The van der Waals surface area contributed by atoms with Crippen LogP contribution in [-0.2, 0) is 0 Å². The molecule has 1 N–H and O–H groups in total. The molecule has 3 aliphatic carbocycles. The molecule has 12 heavy (non-hydrogen) atoms. The van der Waals surface area contributed by atoms with Crippen LogP contribution < -0.4 is 0 Å². The highest BCUT2D eigenvalue weighted by Crippen LogP contribution is 2.54. The minimum Gasteiger partial charge on any atom is -0.411 e. The number of hydrogen-bond acceptors (Lipinski definition) is 2. The Morgan fingerprint density at radius 2 is 1.58 bits per heavy atom. The number of fused-ring (bicyclic) bond motifs is 6. The maximum atomic E-state index is 8.92. The molecule has 3 saturated carbocycles. The van der Waals surface area contributed by atoms with E-state index in [1.807, 2.05) is 0 Å². The maximum absolute atomic E-state index is 8.92. The van der Waals surface area contributed by atoms with Crippen molar-refractivity contribution in [3.63, 3.8) is 0 Å². The summed E-state index contributed by atoms with van der Waals surface area (Å²) in [6.45, 7) is 0. The van der Waals surface area contributed by atoms with Crippen molar-refractivity contribution in [2.24, 2.45) is 28.8 Å². The van der Waals surface area contributed by atoms with Crippen LogP contribution in [0, 0.1) is 23.7 Å². The van der Waals surface area contributed by atoms with Gasteiger partial charge in [0.2, 0.25) is 0 Å². The van der Waals surface area contributed by atoms with Crippen LogP contribution in [-0.4, -0.2) is 10.9 Å². The lowest BCUT2D eigenvalue weighted by molar-refractivity contribution is 0.294. The van der Waals surface area contributed by atoms with Gasteiger partial charge in [-0.2, -0.15) is 0 Å². The van der Waals surface area contributed by atoms with Gasteiger partial charge in [0.1, 0.15) is 0 Å². The zero-order chi connectivity index (χ0) is 8.13. The molecule has 0 amide bonds. The lowest BCUT2D eigenvalue weighted by Crippen LogP contribution is -2.28. The van der Waals surface area contributed by atoms with E-state index in [-0.39, 0.29) is 0 Å². The molecule has 0 aliphatic heterocycles. The average Bonchev–Trinajstić information content (AvgIpc) is 2.57. The summed E-state index contributed by atoms with van der Waals surface area (Å²) in [5, 5.41) is 12.5. The molecule has 3 rings (SSSR count). The molecule has 4 atom stereocenters. The number of rotatable bonds is 0. The summed E-state index contributed by atoms with van der Waals surface area (Å²) in [5.74, 6) is 3.08. The third-order valence-corrected chi connectivity index (χ3v) is 4.32. The molecule has 3 fully saturated rings. The maximum Gasteiger partial charge on any atom is 0.0637 e. The molecule has 0 heterocycles. The van der Waals surface area contributed by atoms with Gasteiger partial charge in [0.05, 0.1) is 5.71 Å². The Morgan fingerprint density at radius 1 is 1.00 bits per heavy atom. The second kappa shape index (κ2) is 2.24. The van der Waals surface area contributed by atoms with Crippen LogP contribution in [0.2, 0.25) is 0 Å². The van der Waals surface area contributed by atoms with Crippen LogP contribution in [0.5, 0.6) is 0 Å². The molecule has 2 nitrogen and oxygen atoms in total. The first-order valence-electron chi connectivity index (χ1n) is 5.12.